The summed E-state index contributed by atoms with van der Waals surface area (Å²) >= 11 is 1.64. The Bertz CT molecular complexity index is 557. The fourth-order valence-corrected chi connectivity index (χ4v) is 3.01. The summed E-state index contributed by atoms with van der Waals surface area (Å²) < 4.78 is 3.93. The van der Waals surface area contributed by atoms with E-state index < -0.39 is 0 Å². The molecule has 2 rings (SSSR count). The first-order valence-corrected chi connectivity index (χ1v) is 7.27. The summed E-state index contributed by atoms with van der Waals surface area (Å²) in [6, 6.07) is 0.184. The van der Waals surface area contributed by atoms with E-state index >= 15 is 0 Å². The molecule has 0 spiro atoms. The first-order valence-electron chi connectivity index (χ1n) is 6.46. The van der Waals surface area contributed by atoms with Gasteiger partial charge in [0.15, 0.2) is 5.16 Å². The number of aromatic nitrogens is 4. The largest absolute Gasteiger partial charge is 0.329 e. The molecule has 0 aromatic carbocycles. The minimum absolute atomic E-state index is 0.184. The zero-order valence-electron chi connectivity index (χ0n) is 11.9. The van der Waals surface area contributed by atoms with Crippen molar-refractivity contribution in [1.82, 2.24) is 19.3 Å². The lowest BCUT2D eigenvalue weighted by molar-refractivity contribution is 0.630. The molecule has 1 unspecified atom stereocenters. The van der Waals surface area contributed by atoms with Crippen molar-refractivity contribution < 1.29 is 0 Å². The SMILES string of the molecule is CCC(N)Cc1c(C)nn(C)c1Sc1nccn1C. The van der Waals surface area contributed by atoms with Gasteiger partial charge in [0.05, 0.1) is 5.69 Å². The van der Waals surface area contributed by atoms with Crippen LogP contribution in [-0.4, -0.2) is 25.4 Å². The van der Waals surface area contributed by atoms with E-state index in [1.807, 2.05) is 42.7 Å². The molecule has 104 valence electrons. The maximum Gasteiger partial charge on any atom is 0.174 e. The van der Waals surface area contributed by atoms with Crippen LogP contribution in [0.5, 0.6) is 0 Å². The van der Waals surface area contributed by atoms with Crippen molar-refractivity contribution in [1.29, 1.82) is 0 Å². The van der Waals surface area contributed by atoms with Crippen LogP contribution in [0.1, 0.15) is 24.6 Å². The Morgan fingerprint density at radius 1 is 1.42 bits per heavy atom. The third kappa shape index (κ3) is 3.01. The maximum atomic E-state index is 6.09. The highest BCUT2D eigenvalue weighted by Crippen LogP contribution is 2.31. The second-order valence-electron chi connectivity index (χ2n) is 4.79. The number of imidazole rings is 1. The number of rotatable bonds is 5. The van der Waals surface area contributed by atoms with Crippen LogP contribution >= 0.6 is 11.8 Å². The van der Waals surface area contributed by atoms with Gasteiger partial charge < -0.3 is 10.3 Å². The highest BCUT2D eigenvalue weighted by atomic mass is 32.2. The molecular formula is C13H21N5S. The fraction of sp³-hybridized carbons (Fsp3) is 0.538. The molecule has 0 aliphatic heterocycles. The number of nitrogens with zero attached hydrogens (tertiary/aromatic N) is 4. The lowest BCUT2D eigenvalue weighted by atomic mass is 10.1. The van der Waals surface area contributed by atoms with Gasteiger partial charge in [-0.2, -0.15) is 5.10 Å². The molecule has 2 aromatic rings. The molecule has 0 bridgehead atoms. The topological polar surface area (TPSA) is 61.7 Å². The molecule has 5 nitrogen and oxygen atoms in total. The Kier molecular flexibility index (Phi) is 4.31. The van der Waals surface area contributed by atoms with Gasteiger partial charge in [0.1, 0.15) is 5.03 Å². The third-order valence-corrected chi connectivity index (χ3v) is 4.52. The second-order valence-corrected chi connectivity index (χ2v) is 5.74. The van der Waals surface area contributed by atoms with Crippen LogP contribution in [0.25, 0.3) is 0 Å². The summed E-state index contributed by atoms with van der Waals surface area (Å²) in [6.07, 6.45) is 5.59. The van der Waals surface area contributed by atoms with Crippen molar-refractivity contribution in [3.8, 4) is 0 Å². The van der Waals surface area contributed by atoms with Crippen molar-refractivity contribution in [3.05, 3.63) is 23.7 Å². The van der Waals surface area contributed by atoms with Gasteiger partial charge in [0, 0.05) is 38.1 Å². The van der Waals surface area contributed by atoms with Gasteiger partial charge in [-0.3, -0.25) is 4.68 Å². The summed E-state index contributed by atoms with van der Waals surface area (Å²) in [5, 5.41) is 6.61. The minimum Gasteiger partial charge on any atom is -0.329 e. The predicted molar refractivity (Wildman–Crippen MR) is 77.2 cm³/mol. The van der Waals surface area contributed by atoms with E-state index in [-0.39, 0.29) is 6.04 Å². The molecule has 0 radical (unpaired) electrons. The number of hydrogen-bond donors (Lipinski definition) is 1. The Labute approximate surface area is 118 Å². The predicted octanol–water partition coefficient (Wildman–Crippen LogP) is 1.89. The molecular weight excluding hydrogens is 258 g/mol. The molecule has 2 heterocycles. The second kappa shape index (κ2) is 5.79. The van der Waals surface area contributed by atoms with E-state index in [1.165, 1.54) is 5.56 Å². The maximum absolute atomic E-state index is 6.09. The normalized spacial score (nSPS) is 12.9. The van der Waals surface area contributed by atoms with Gasteiger partial charge in [-0.1, -0.05) is 6.92 Å². The molecule has 2 aromatic heterocycles. The summed E-state index contributed by atoms with van der Waals surface area (Å²) in [6.45, 7) is 4.15. The van der Waals surface area contributed by atoms with Crippen molar-refractivity contribution in [2.75, 3.05) is 0 Å². The van der Waals surface area contributed by atoms with Gasteiger partial charge >= 0.3 is 0 Å². The van der Waals surface area contributed by atoms with Gasteiger partial charge in [0.2, 0.25) is 0 Å². The van der Waals surface area contributed by atoms with E-state index in [2.05, 4.69) is 17.0 Å². The molecule has 0 saturated carbocycles. The van der Waals surface area contributed by atoms with Crippen molar-refractivity contribution >= 4 is 11.8 Å². The van der Waals surface area contributed by atoms with Crippen LogP contribution in [0.4, 0.5) is 0 Å². The summed E-state index contributed by atoms with van der Waals surface area (Å²) in [7, 11) is 3.97. The van der Waals surface area contributed by atoms with Crippen molar-refractivity contribution in [3.63, 3.8) is 0 Å². The smallest absolute Gasteiger partial charge is 0.174 e. The lowest BCUT2D eigenvalue weighted by Gasteiger charge is -2.10. The van der Waals surface area contributed by atoms with Crippen LogP contribution in [0.3, 0.4) is 0 Å². The van der Waals surface area contributed by atoms with Crippen LogP contribution < -0.4 is 5.73 Å². The monoisotopic (exact) mass is 279 g/mol. The van der Waals surface area contributed by atoms with Gasteiger partial charge in [0.25, 0.3) is 0 Å². The van der Waals surface area contributed by atoms with Crippen LogP contribution in [0, 0.1) is 6.92 Å². The van der Waals surface area contributed by atoms with E-state index in [9.17, 15) is 0 Å². The average Bonchev–Trinajstić information content (AvgIpc) is 2.88. The molecule has 2 N–H and O–H groups in total. The highest BCUT2D eigenvalue weighted by Gasteiger charge is 2.18. The molecule has 0 amide bonds. The number of aryl methyl sites for hydroxylation is 3. The number of nitrogens with two attached hydrogens (primary N) is 1. The molecule has 0 aliphatic carbocycles. The number of hydrogen-bond acceptors (Lipinski definition) is 4. The molecule has 0 fully saturated rings. The van der Waals surface area contributed by atoms with E-state index in [0.29, 0.717) is 0 Å². The standard InChI is InChI=1S/C13H21N5S/c1-5-10(14)8-11-9(2)16-18(4)12(11)19-13-15-6-7-17(13)3/h6-7,10H,5,8,14H2,1-4H3. The van der Waals surface area contributed by atoms with Crippen LogP contribution in [0.2, 0.25) is 0 Å². The quantitative estimate of drug-likeness (QED) is 0.908. The van der Waals surface area contributed by atoms with E-state index in [1.54, 1.807) is 11.8 Å². The minimum atomic E-state index is 0.184. The Hall–Kier alpha value is -1.27. The highest BCUT2D eigenvalue weighted by molar-refractivity contribution is 7.99. The summed E-state index contributed by atoms with van der Waals surface area (Å²) in [5.41, 5.74) is 8.39. The van der Waals surface area contributed by atoms with Crippen molar-refractivity contribution in [2.45, 2.75) is 42.9 Å². The Balaban J connectivity index is 2.31. The van der Waals surface area contributed by atoms with Crippen LogP contribution in [0.15, 0.2) is 22.6 Å². The van der Waals surface area contributed by atoms with Gasteiger partial charge in [-0.15, -0.1) is 0 Å². The zero-order valence-corrected chi connectivity index (χ0v) is 12.7. The van der Waals surface area contributed by atoms with Gasteiger partial charge in [-0.25, -0.2) is 4.98 Å². The molecule has 19 heavy (non-hydrogen) atoms. The molecule has 1 atom stereocenters. The lowest BCUT2D eigenvalue weighted by Crippen LogP contribution is -2.22. The first-order chi connectivity index (χ1) is 9.02. The summed E-state index contributed by atoms with van der Waals surface area (Å²) in [5.74, 6) is 0. The van der Waals surface area contributed by atoms with Crippen molar-refractivity contribution in [2.24, 2.45) is 19.8 Å². The molecule has 6 heteroatoms. The van der Waals surface area contributed by atoms with Crippen LogP contribution in [-0.2, 0) is 20.5 Å². The summed E-state index contributed by atoms with van der Waals surface area (Å²) in [4.78, 5) is 4.36. The average molecular weight is 279 g/mol. The zero-order chi connectivity index (χ0) is 14.0. The van der Waals surface area contributed by atoms with E-state index in [4.69, 9.17) is 5.73 Å². The van der Waals surface area contributed by atoms with E-state index in [0.717, 1.165) is 28.7 Å². The van der Waals surface area contributed by atoms with Gasteiger partial charge in [-0.05, 0) is 31.5 Å². The fourth-order valence-electron chi connectivity index (χ4n) is 1.99. The first kappa shape index (κ1) is 14.1. The third-order valence-electron chi connectivity index (χ3n) is 3.24. The Morgan fingerprint density at radius 3 is 2.74 bits per heavy atom. The molecule has 0 saturated heterocycles. The molecule has 0 aliphatic rings. The Morgan fingerprint density at radius 2 is 2.16 bits per heavy atom.